The summed E-state index contributed by atoms with van der Waals surface area (Å²) in [5.41, 5.74) is 14.0. The Labute approximate surface area is 120 Å². The van der Waals surface area contributed by atoms with E-state index in [1.54, 1.807) is 0 Å². The SMILES string of the molecule is N=C(N)c1cc(F)c(Nc2cccc3c2CCN3)nc1N. The van der Waals surface area contributed by atoms with Crippen LogP contribution in [-0.4, -0.2) is 17.4 Å². The van der Waals surface area contributed by atoms with Crippen LogP contribution >= 0.6 is 0 Å². The van der Waals surface area contributed by atoms with Crippen molar-refractivity contribution in [2.24, 2.45) is 5.73 Å². The quantitative estimate of drug-likeness (QED) is 0.436. The summed E-state index contributed by atoms with van der Waals surface area (Å²) < 4.78 is 14.1. The smallest absolute Gasteiger partial charge is 0.169 e. The van der Waals surface area contributed by atoms with Gasteiger partial charge in [-0.05, 0) is 24.6 Å². The van der Waals surface area contributed by atoms with Crippen LogP contribution in [0.2, 0.25) is 0 Å². The van der Waals surface area contributed by atoms with Crippen molar-refractivity contribution in [2.75, 3.05) is 22.9 Å². The molecule has 1 aliphatic rings. The number of hydrogen-bond donors (Lipinski definition) is 5. The monoisotopic (exact) mass is 286 g/mol. The summed E-state index contributed by atoms with van der Waals surface area (Å²) in [5.74, 6) is -0.858. The molecule has 0 fully saturated rings. The molecule has 1 aliphatic heterocycles. The van der Waals surface area contributed by atoms with Crippen molar-refractivity contribution in [3.63, 3.8) is 0 Å². The zero-order chi connectivity index (χ0) is 15.0. The van der Waals surface area contributed by atoms with Crippen LogP contribution in [0, 0.1) is 11.2 Å². The standard InChI is InChI=1S/C14H15FN6/c15-9-6-8(12(16)17)13(18)21-14(9)20-11-3-1-2-10-7(11)4-5-19-10/h1-3,6,19H,4-5H2,(H3,16,17)(H3,18,20,21). The van der Waals surface area contributed by atoms with Crippen LogP contribution in [-0.2, 0) is 6.42 Å². The van der Waals surface area contributed by atoms with Gasteiger partial charge >= 0.3 is 0 Å². The number of nitrogens with zero attached hydrogens (tertiary/aromatic N) is 1. The van der Waals surface area contributed by atoms with Crippen LogP contribution in [0.15, 0.2) is 24.3 Å². The Bertz CT molecular complexity index is 728. The highest BCUT2D eigenvalue weighted by molar-refractivity contribution is 5.99. The van der Waals surface area contributed by atoms with Gasteiger partial charge in [-0.15, -0.1) is 0 Å². The number of halogens is 1. The first kappa shape index (κ1) is 13.2. The molecule has 0 radical (unpaired) electrons. The highest BCUT2D eigenvalue weighted by Gasteiger charge is 2.17. The third-order valence-corrected chi connectivity index (χ3v) is 3.42. The van der Waals surface area contributed by atoms with Crippen molar-refractivity contribution in [2.45, 2.75) is 6.42 Å². The van der Waals surface area contributed by atoms with E-state index in [1.807, 2.05) is 18.2 Å². The molecule has 0 saturated carbocycles. The molecule has 108 valence electrons. The first-order valence-electron chi connectivity index (χ1n) is 6.49. The van der Waals surface area contributed by atoms with Gasteiger partial charge in [0.25, 0.3) is 0 Å². The molecule has 3 rings (SSSR count). The lowest BCUT2D eigenvalue weighted by atomic mass is 10.1. The second kappa shape index (κ2) is 4.93. The summed E-state index contributed by atoms with van der Waals surface area (Å²) in [6.07, 6.45) is 0.862. The van der Waals surface area contributed by atoms with E-state index in [9.17, 15) is 4.39 Å². The van der Waals surface area contributed by atoms with E-state index in [-0.39, 0.29) is 23.0 Å². The van der Waals surface area contributed by atoms with E-state index >= 15 is 0 Å². The lowest BCUT2D eigenvalue weighted by molar-refractivity contribution is 0.626. The van der Waals surface area contributed by atoms with E-state index in [2.05, 4.69) is 15.6 Å². The molecule has 1 aromatic heterocycles. The maximum Gasteiger partial charge on any atom is 0.169 e. The number of benzene rings is 1. The van der Waals surface area contributed by atoms with Gasteiger partial charge in [-0.25, -0.2) is 9.37 Å². The zero-order valence-corrected chi connectivity index (χ0v) is 11.2. The van der Waals surface area contributed by atoms with Crippen molar-refractivity contribution < 1.29 is 4.39 Å². The molecule has 1 aromatic carbocycles. The molecule has 0 atom stereocenters. The first-order valence-corrected chi connectivity index (χ1v) is 6.49. The second-order valence-corrected chi connectivity index (χ2v) is 4.80. The van der Waals surface area contributed by atoms with Crippen LogP contribution in [0.1, 0.15) is 11.1 Å². The number of hydrogen-bond acceptors (Lipinski definition) is 5. The van der Waals surface area contributed by atoms with Crippen LogP contribution in [0.4, 0.5) is 27.4 Å². The van der Waals surface area contributed by atoms with Gasteiger partial charge in [0.15, 0.2) is 11.6 Å². The number of nitrogens with one attached hydrogen (secondary N) is 3. The number of anilines is 4. The lowest BCUT2D eigenvalue weighted by Crippen LogP contribution is -2.16. The minimum atomic E-state index is -0.599. The first-order chi connectivity index (χ1) is 10.1. The number of aromatic nitrogens is 1. The molecule has 6 nitrogen and oxygen atoms in total. The maximum atomic E-state index is 14.1. The summed E-state index contributed by atoms with van der Waals surface area (Å²) >= 11 is 0. The van der Waals surface area contributed by atoms with Gasteiger partial charge in [-0.2, -0.15) is 0 Å². The van der Waals surface area contributed by atoms with E-state index in [1.165, 1.54) is 0 Å². The Kier molecular flexibility index (Phi) is 3.09. The van der Waals surface area contributed by atoms with Gasteiger partial charge < -0.3 is 22.1 Å². The van der Waals surface area contributed by atoms with Crippen molar-refractivity contribution in [3.05, 3.63) is 41.2 Å². The van der Waals surface area contributed by atoms with E-state index < -0.39 is 5.82 Å². The van der Waals surface area contributed by atoms with Crippen LogP contribution in [0.25, 0.3) is 0 Å². The predicted molar refractivity (Wildman–Crippen MR) is 81.5 cm³/mol. The molecule has 7 heteroatoms. The largest absolute Gasteiger partial charge is 0.384 e. The van der Waals surface area contributed by atoms with Gasteiger partial charge in [0, 0.05) is 23.5 Å². The second-order valence-electron chi connectivity index (χ2n) is 4.80. The van der Waals surface area contributed by atoms with Crippen LogP contribution in [0.3, 0.4) is 0 Å². The summed E-state index contributed by atoms with van der Waals surface area (Å²) in [6, 6.07) is 6.84. The normalized spacial score (nSPS) is 12.6. The molecule has 0 aliphatic carbocycles. The maximum absolute atomic E-state index is 14.1. The fourth-order valence-electron chi connectivity index (χ4n) is 2.40. The lowest BCUT2D eigenvalue weighted by Gasteiger charge is -2.12. The molecule has 2 aromatic rings. The molecule has 0 amide bonds. The van der Waals surface area contributed by atoms with Crippen LogP contribution in [0.5, 0.6) is 0 Å². The van der Waals surface area contributed by atoms with E-state index in [0.29, 0.717) is 0 Å². The van der Waals surface area contributed by atoms with E-state index in [0.717, 1.165) is 36.0 Å². The number of fused-ring (bicyclic) bond motifs is 1. The van der Waals surface area contributed by atoms with Gasteiger partial charge in [0.2, 0.25) is 0 Å². The molecular formula is C14H15FN6. The fraction of sp³-hybridized carbons (Fsp3) is 0.143. The van der Waals surface area contributed by atoms with Crippen molar-refractivity contribution in [3.8, 4) is 0 Å². The summed E-state index contributed by atoms with van der Waals surface area (Å²) in [7, 11) is 0. The van der Waals surface area contributed by atoms with Crippen molar-refractivity contribution in [1.29, 1.82) is 5.41 Å². The molecule has 0 bridgehead atoms. The minimum absolute atomic E-state index is 0.0251. The summed E-state index contributed by atoms with van der Waals surface area (Å²) in [4.78, 5) is 3.97. The molecule has 2 heterocycles. The average molecular weight is 286 g/mol. The Morgan fingerprint density at radius 3 is 3.00 bits per heavy atom. The molecule has 0 unspecified atom stereocenters. The molecule has 7 N–H and O–H groups in total. The fourth-order valence-corrected chi connectivity index (χ4v) is 2.40. The molecule has 0 spiro atoms. The van der Waals surface area contributed by atoms with Crippen molar-refractivity contribution >= 4 is 28.8 Å². The predicted octanol–water partition coefficient (Wildman–Crippen LogP) is 1.80. The highest BCUT2D eigenvalue weighted by Crippen LogP contribution is 2.31. The third-order valence-electron chi connectivity index (χ3n) is 3.42. The Balaban J connectivity index is 1.98. The average Bonchev–Trinajstić information content (AvgIpc) is 2.91. The Morgan fingerprint density at radius 1 is 1.43 bits per heavy atom. The van der Waals surface area contributed by atoms with Crippen molar-refractivity contribution in [1.82, 2.24) is 4.98 Å². The number of pyridine rings is 1. The third kappa shape index (κ3) is 2.33. The topological polar surface area (TPSA) is 113 Å². The number of amidine groups is 1. The summed E-state index contributed by atoms with van der Waals surface area (Å²) in [5, 5.41) is 13.5. The van der Waals surface area contributed by atoms with Gasteiger partial charge in [-0.3, -0.25) is 5.41 Å². The number of nitrogen functional groups attached to an aromatic ring is 2. The minimum Gasteiger partial charge on any atom is -0.384 e. The van der Waals surface area contributed by atoms with Gasteiger partial charge in [0.05, 0.1) is 5.56 Å². The Morgan fingerprint density at radius 2 is 2.24 bits per heavy atom. The Hall–Kier alpha value is -2.83. The highest BCUT2D eigenvalue weighted by atomic mass is 19.1. The van der Waals surface area contributed by atoms with Gasteiger partial charge in [-0.1, -0.05) is 6.07 Å². The molecular weight excluding hydrogens is 271 g/mol. The van der Waals surface area contributed by atoms with E-state index in [4.69, 9.17) is 16.9 Å². The number of nitrogens with two attached hydrogens (primary N) is 2. The molecule has 21 heavy (non-hydrogen) atoms. The summed E-state index contributed by atoms with van der Waals surface area (Å²) in [6.45, 7) is 0.856. The molecule has 0 saturated heterocycles. The van der Waals surface area contributed by atoms with Crippen LogP contribution < -0.4 is 22.1 Å². The zero-order valence-electron chi connectivity index (χ0n) is 11.2. The number of rotatable bonds is 3. The van der Waals surface area contributed by atoms with Gasteiger partial charge in [0.1, 0.15) is 11.7 Å².